The van der Waals surface area contributed by atoms with Crippen LogP contribution in [0.25, 0.3) is 0 Å². The van der Waals surface area contributed by atoms with E-state index >= 15 is 0 Å². The van der Waals surface area contributed by atoms with Gasteiger partial charge in [-0.3, -0.25) is 9.59 Å². The molecule has 0 aliphatic carbocycles. The third-order valence-corrected chi connectivity index (χ3v) is 3.83. The molecule has 0 heterocycles. The van der Waals surface area contributed by atoms with Crippen molar-refractivity contribution in [1.29, 1.82) is 0 Å². The van der Waals surface area contributed by atoms with Gasteiger partial charge in [0.25, 0.3) is 0 Å². The summed E-state index contributed by atoms with van der Waals surface area (Å²) in [5.74, 6) is -1.06. The summed E-state index contributed by atoms with van der Waals surface area (Å²) in [5.41, 5.74) is 0.797. The predicted molar refractivity (Wildman–Crippen MR) is 94.1 cm³/mol. The molecule has 0 unspecified atom stereocenters. The number of carbonyl (C=O) groups is 2. The van der Waals surface area contributed by atoms with E-state index in [2.05, 4.69) is 5.32 Å². The van der Waals surface area contributed by atoms with Gasteiger partial charge in [0.05, 0.1) is 10.7 Å². The van der Waals surface area contributed by atoms with E-state index in [4.69, 9.17) is 23.2 Å². The SMILES string of the molecule is CC(=O)N(CCC(=O)Nc1cc(Cl)ccc1Cl)c1cccc(F)c1. The lowest BCUT2D eigenvalue weighted by Gasteiger charge is -2.21. The zero-order valence-corrected chi connectivity index (χ0v) is 14.4. The maximum absolute atomic E-state index is 13.3. The largest absolute Gasteiger partial charge is 0.325 e. The van der Waals surface area contributed by atoms with Crippen molar-refractivity contribution in [2.75, 3.05) is 16.8 Å². The van der Waals surface area contributed by atoms with Gasteiger partial charge < -0.3 is 10.2 Å². The minimum Gasteiger partial charge on any atom is -0.325 e. The van der Waals surface area contributed by atoms with Crippen molar-refractivity contribution in [3.63, 3.8) is 0 Å². The highest BCUT2D eigenvalue weighted by Crippen LogP contribution is 2.25. The zero-order valence-electron chi connectivity index (χ0n) is 12.9. The minimum absolute atomic E-state index is 0.0267. The molecule has 0 radical (unpaired) electrons. The van der Waals surface area contributed by atoms with Gasteiger partial charge >= 0.3 is 0 Å². The molecule has 0 saturated heterocycles. The van der Waals surface area contributed by atoms with E-state index in [1.54, 1.807) is 18.2 Å². The van der Waals surface area contributed by atoms with Gasteiger partial charge in [-0.2, -0.15) is 0 Å². The van der Waals surface area contributed by atoms with E-state index in [1.165, 1.54) is 36.1 Å². The number of amides is 2. The highest BCUT2D eigenvalue weighted by atomic mass is 35.5. The fourth-order valence-corrected chi connectivity index (χ4v) is 2.47. The highest BCUT2D eigenvalue weighted by Gasteiger charge is 2.15. The van der Waals surface area contributed by atoms with Crippen LogP contribution >= 0.6 is 23.2 Å². The van der Waals surface area contributed by atoms with Crippen LogP contribution in [0.15, 0.2) is 42.5 Å². The van der Waals surface area contributed by atoms with Crippen LogP contribution in [0, 0.1) is 5.82 Å². The first-order chi connectivity index (χ1) is 11.4. The van der Waals surface area contributed by atoms with E-state index < -0.39 is 5.82 Å². The van der Waals surface area contributed by atoms with Crippen LogP contribution in [0.2, 0.25) is 10.0 Å². The number of carbonyl (C=O) groups excluding carboxylic acids is 2. The Morgan fingerprint density at radius 1 is 1.17 bits per heavy atom. The number of nitrogens with zero attached hydrogens (tertiary/aromatic N) is 1. The monoisotopic (exact) mass is 368 g/mol. The van der Waals surface area contributed by atoms with Crippen LogP contribution in [-0.2, 0) is 9.59 Å². The number of nitrogens with one attached hydrogen (secondary N) is 1. The first kappa shape index (κ1) is 18.2. The highest BCUT2D eigenvalue weighted by molar-refractivity contribution is 6.35. The van der Waals surface area contributed by atoms with E-state index in [0.29, 0.717) is 21.4 Å². The Morgan fingerprint density at radius 3 is 2.58 bits per heavy atom. The Balaban J connectivity index is 2.03. The number of hydrogen-bond donors (Lipinski definition) is 1. The quantitative estimate of drug-likeness (QED) is 0.843. The Kier molecular flexibility index (Phi) is 6.17. The van der Waals surface area contributed by atoms with Crippen LogP contribution in [-0.4, -0.2) is 18.4 Å². The van der Waals surface area contributed by atoms with Gasteiger partial charge in [-0.15, -0.1) is 0 Å². The van der Waals surface area contributed by atoms with Crippen LogP contribution in [0.3, 0.4) is 0 Å². The van der Waals surface area contributed by atoms with Gasteiger partial charge in [-0.1, -0.05) is 29.3 Å². The average molecular weight is 369 g/mol. The van der Waals surface area contributed by atoms with E-state index in [1.807, 2.05) is 0 Å². The Morgan fingerprint density at radius 2 is 1.92 bits per heavy atom. The summed E-state index contributed by atoms with van der Waals surface area (Å²) in [6.45, 7) is 1.47. The minimum atomic E-state index is -0.450. The van der Waals surface area contributed by atoms with Crippen LogP contribution in [0.5, 0.6) is 0 Å². The first-order valence-corrected chi connectivity index (χ1v) is 7.91. The standard InChI is InChI=1S/C17H15Cl2FN2O2/c1-11(23)22(14-4-2-3-13(20)10-14)8-7-17(24)21-16-9-12(18)5-6-15(16)19/h2-6,9-10H,7-8H2,1H3,(H,21,24). The number of benzene rings is 2. The van der Waals surface area contributed by atoms with E-state index in [-0.39, 0.29) is 24.8 Å². The van der Waals surface area contributed by atoms with Crippen molar-refractivity contribution >= 4 is 46.4 Å². The normalized spacial score (nSPS) is 10.3. The fraction of sp³-hybridized carbons (Fsp3) is 0.176. The number of halogens is 3. The lowest BCUT2D eigenvalue weighted by molar-refractivity contribution is -0.117. The van der Waals surface area contributed by atoms with Gasteiger partial charge in [-0.05, 0) is 36.4 Å². The second kappa shape index (κ2) is 8.13. The second-order valence-electron chi connectivity index (χ2n) is 5.07. The molecule has 126 valence electrons. The van der Waals surface area contributed by atoms with Crippen LogP contribution in [0.4, 0.5) is 15.8 Å². The van der Waals surface area contributed by atoms with E-state index in [0.717, 1.165) is 0 Å². The summed E-state index contributed by atoms with van der Waals surface area (Å²) in [5, 5.41) is 3.45. The number of anilines is 2. The third kappa shape index (κ3) is 4.94. The molecule has 0 fully saturated rings. The summed E-state index contributed by atoms with van der Waals surface area (Å²) in [7, 11) is 0. The van der Waals surface area contributed by atoms with Crippen molar-refractivity contribution in [2.24, 2.45) is 0 Å². The Hall–Kier alpha value is -2.11. The van der Waals surface area contributed by atoms with Gasteiger partial charge in [0, 0.05) is 30.6 Å². The Labute approximate surface area is 149 Å². The van der Waals surface area contributed by atoms with Gasteiger partial charge in [0.1, 0.15) is 5.82 Å². The van der Waals surface area contributed by atoms with Gasteiger partial charge in [-0.25, -0.2) is 4.39 Å². The molecular weight excluding hydrogens is 354 g/mol. The molecule has 0 aliphatic heterocycles. The molecule has 1 N–H and O–H groups in total. The average Bonchev–Trinajstić information content (AvgIpc) is 2.51. The molecule has 24 heavy (non-hydrogen) atoms. The molecule has 2 rings (SSSR count). The van der Waals surface area contributed by atoms with E-state index in [9.17, 15) is 14.0 Å². The number of hydrogen-bond acceptors (Lipinski definition) is 2. The molecule has 0 aliphatic rings. The van der Waals surface area contributed by atoms with Crippen molar-refractivity contribution in [1.82, 2.24) is 0 Å². The molecule has 2 amide bonds. The van der Waals surface area contributed by atoms with Gasteiger partial charge in [0.2, 0.25) is 11.8 Å². The Bertz CT molecular complexity index is 768. The van der Waals surface area contributed by atoms with Crippen molar-refractivity contribution in [2.45, 2.75) is 13.3 Å². The van der Waals surface area contributed by atoms with Crippen molar-refractivity contribution in [3.05, 3.63) is 58.3 Å². The molecule has 0 spiro atoms. The molecule has 4 nitrogen and oxygen atoms in total. The molecular formula is C17H15Cl2FN2O2. The lowest BCUT2D eigenvalue weighted by Crippen LogP contribution is -2.32. The molecule has 2 aromatic rings. The van der Waals surface area contributed by atoms with Crippen LogP contribution < -0.4 is 10.2 Å². The van der Waals surface area contributed by atoms with Crippen LogP contribution in [0.1, 0.15) is 13.3 Å². The topological polar surface area (TPSA) is 49.4 Å². The zero-order chi connectivity index (χ0) is 17.7. The summed E-state index contributed by atoms with van der Waals surface area (Å²) < 4.78 is 13.3. The summed E-state index contributed by atoms with van der Waals surface area (Å²) in [4.78, 5) is 25.2. The molecule has 0 bridgehead atoms. The summed E-state index contributed by atoms with van der Waals surface area (Å²) >= 11 is 11.9. The molecule has 7 heteroatoms. The van der Waals surface area contributed by atoms with Crippen molar-refractivity contribution < 1.29 is 14.0 Å². The predicted octanol–water partition coefficient (Wildman–Crippen LogP) is 4.51. The molecule has 0 saturated carbocycles. The fourth-order valence-electron chi connectivity index (χ4n) is 2.13. The first-order valence-electron chi connectivity index (χ1n) is 7.15. The van der Waals surface area contributed by atoms with Crippen molar-refractivity contribution in [3.8, 4) is 0 Å². The maximum Gasteiger partial charge on any atom is 0.226 e. The molecule has 2 aromatic carbocycles. The third-order valence-electron chi connectivity index (χ3n) is 3.26. The summed E-state index contributed by atoms with van der Waals surface area (Å²) in [6.07, 6.45) is 0.0267. The number of rotatable bonds is 5. The van der Waals surface area contributed by atoms with Gasteiger partial charge in [0.15, 0.2) is 0 Å². The second-order valence-corrected chi connectivity index (χ2v) is 5.92. The lowest BCUT2D eigenvalue weighted by atomic mass is 10.2. The molecule has 0 aromatic heterocycles. The maximum atomic E-state index is 13.3. The smallest absolute Gasteiger partial charge is 0.226 e. The molecule has 0 atom stereocenters. The summed E-state index contributed by atoms with van der Waals surface area (Å²) in [6, 6.07) is 10.4.